The molecule has 0 fully saturated rings. The van der Waals surface area contributed by atoms with Crippen molar-refractivity contribution in [1.29, 1.82) is 0 Å². The lowest BCUT2D eigenvalue weighted by molar-refractivity contribution is -0.138. The van der Waals surface area contributed by atoms with E-state index in [1.54, 1.807) is 12.1 Å². The molecule has 0 aliphatic heterocycles. The standard InChI is InChI=1S/C17H21NO4/c1-2-3-7-12-22-17(21)11-10-15(19)18-16(20)13-14-8-5-4-6-9-14/h4-6,8-11H,2-3,7,12-13H2,1H3,(H,18,19,20)/b11-10+. The van der Waals surface area contributed by atoms with Gasteiger partial charge in [-0.05, 0) is 12.0 Å². The van der Waals surface area contributed by atoms with Crippen LogP contribution >= 0.6 is 0 Å². The van der Waals surface area contributed by atoms with Gasteiger partial charge in [-0.1, -0.05) is 50.1 Å². The Kier molecular flexibility index (Phi) is 8.27. The molecule has 0 spiro atoms. The third-order valence-corrected chi connectivity index (χ3v) is 2.83. The summed E-state index contributed by atoms with van der Waals surface area (Å²) < 4.78 is 4.90. The molecule has 1 aromatic carbocycles. The maximum absolute atomic E-state index is 11.6. The lowest BCUT2D eigenvalue weighted by Gasteiger charge is -2.02. The van der Waals surface area contributed by atoms with Gasteiger partial charge in [0.2, 0.25) is 5.91 Å². The average molecular weight is 303 g/mol. The summed E-state index contributed by atoms with van der Waals surface area (Å²) in [4.78, 5) is 34.4. The molecule has 1 N–H and O–H groups in total. The Morgan fingerprint density at radius 1 is 1.09 bits per heavy atom. The monoisotopic (exact) mass is 303 g/mol. The first kappa shape index (κ1) is 17.6. The molecule has 0 heterocycles. The maximum Gasteiger partial charge on any atom is 0.330 e. The number of esters is 1. The molecule has 1 rings (SSSR count). The minimum atomic E-state index is -0.633. The van der Waals surface area contributed by atoms with Gasteiger partial charge in [-0.3, -0.25) is 14.9 Å². The Morgan fingerprint density at radius 3 is 2.50 bits per heavy atom. The largest absolute Gasteiger partial charge is 0.463 e. The van der Waals surface area contributed by atoms with Gasteiger partial charge in [-0.15, -0.1) is 0 Å². The molecule has 0 saturated carbocycles. The van der Waals surface area contributed by atoms with Crippen LogP contribution in [-0.4, -0.2) is 24.4 Å². The Morgan fingerprint density at radius 2 is 1.82 bits per heavy atom. The fraction of sp³-hybridized carbons (Fsp3) is 0.353. The SMILES string of the molecule is CCCCCOC(=O)/C=C/C(=O)NC(=O)Cc1ccccc1. The fourth-order valence-corrected chi connectivity index (χ4v) is 1.72. The van der Waals surface area contributed by atoms with Gasteiger partial charge >= 0.3 is 5.97 Å². The van der Waals surface area contributed by atoms with Crippen LogP contribution in [0.1, 0.15) is 31.7 Å². The minimum absolute atomic E-state index is 0.113. The smallest absolute Gasteiger partial charge is 0.330 e. The van der Waals surface area contributed by atoms with Gasteiger partial charge in [-0.2, -0.15) is 0 Å². The summed E-state index contributed by atoms with van der Waals surface area (Å²) in [5.41, 5.74) is 0.812. The molecular formula is C17H21NO4. The maximum atomic E-state index is 11.6. The molecule has 118 valence electrons. The summed E-state index contributed by atoms with van der Waals surface area (Å²) in [7, 11) is 0. The van der Waals surface area contributed by atoms with Crippen molar-refractivity contribution in [2.75, 3.05) is 6.61 Å². The lowest BCUT2D eigenvalue weighted by atomic mass is 10.1. The van der Waals surface area contributed by atoms with Crippen LogP contribution in [-0.2, 0) is 25.5 Å². The van der Waals surface area contributed by atoms with E-state index in [9.17, 15) is 14.4 Å². The van der Waals surface area contributed by atoms with Crippen molar-refractivity contribution in [3.05, 3.63) is 48.0 Å². The quantitative estimate of drug-likeness (QED) is 0.454. The highest BCUT2D eigenvalue weighted by atomic mass is 16.5. The number of carbonyl (C=O) groups is 3. The van der Waals surface area contributed by atoms with E-state index in [4.69, 9.17) is 4.74 Å². The van der Waals surface area contributed by atoms with Gasteiger partial charge in [0.1, 0.15) is 0 Å². The highest BCUT2D eigenvalue weighted by Crippen LogP contribution is 1.99. The number of carbonyl (C=O) groups excluding carboxylic acids is 3. The second-order valence-corrected chi connectivity index (χ2v) is 4.78. The molecule has 5 nitrogen and oxygen atoms in total. The summed E-state index contributed by atoms with van der Waals surface area (Å²) in [6.07, 6.45) is 4.98. The van der Waals surface area contributed by atoms with Crippen molar-refractivity contribution < 1.29 is 19.1 Å². The number of benzene rings is 1. The average Bonchev–Trinajstić information content (AvgIpc) is 2.50. The van der Waals surface area contributed by atoms with Gasteiger partial charge in [0.25, 0.3) is 5.91 Å². The van der Waals surface area contributed by atoms with Gasteiger partial charge in [0.15, 0.2) is 0 Å². The van der Waals surface area contributed by atoms with E-state index in [0.717, 1.165) is 37.0 Å². The van der Waals surface area contributed by atoms with Crippen LogP contribution in [0.15, 0.2) is 42.5 Å². The van der Waals surface area contributed by atoms with Crippen LogP contribution in [0.4, 0.5) is 0 Å². The first-order valence-electron chi connectivity index (χ1n) is 7.34. The zero-order chi connectivity index (χ0) is 16.2. The molecular weight excluding hydrogens is 282 g/mol. The molecule has 22 heavy (non-hydrogen) atoms. The van der Waals surface area contributed by atoms with Crippen LogP contribution in [0.5, 0.6) is 0 Å². The summed E-state index contributed by atoms with van der Waals surface area (Å²) in [6, 6.07) is 9.08. The molecule has 5 heteroatoms. The Bertz CT molecular complexity index is 523. The lowest BCUT2D eigenvalue weighted by Crippen LogP contribution is -2.30. The zero-order valence-corrected chi connectivity index (χ0v) is 12.7. The van der Waals surface area contributed by atoms with Crippen molar-refractivity contribution in [3.8, 4) is 0 Å². The molecule has 1 aromatic rings. The number of imide groups is 1. The summed E-state index contributed by atoms with van der Waals surface area (Å²) in [6.45, 7) is 2.39. The van der Waals surface area contributed by atoms with E-state index in [1.807, 2.05) is 18.2 Å². The number of amides is 2. The zero-order valence-electron chi connectivity index (χ0n) is 12.7. The van der Waals surface area contributed by atoms with E-state index in [1.165, 1.54) is 0 Å². The number of hydrogen-bond acceptors (Lipinski definition) is 4. The highest BCUT2D eigenvalue weighted by molar-refractivity contribution is 6.03. The number of unbranched alkanes of at least 4 members (excludes halogenated alkanes) is 2. The van der Waals surface area contributed by atoms with Crippen LogP contribution < -0.4 is 5.32 Å². The molecule has 0 radical (unpaired) electrons. The Hall–Kier alpha value is -2.43. The van der Waals surface area contributed by atoms with Crippen molar-refractivity contribution in [3.63, 3.8) is 0 Å². The number of rotatable bonds is 8. The van der Waals surface area contributed by atoms with Crippen LogP contribution in [0.3, 0.4) is 0 Å². The first-order chi connectivity index (χ1) is 10.6. The van der Waals surface area contributed by atoms with Gasteiger partial charge in [0, 0.05) is 12.2 Å². The predicted octanol–water partition coefficient (Wildman–Crippen LogP) is 2.16. The molecule has 0 aliphatic carbocycles. The van der Waals surface area contributed by atoms with Crippen LogP contribution in [0, 0.1) is 0 Å². The number of nitrogens with one attached hydrogen (secondary N) is 1. The number of ether oxygens (including phenoxy) is 1. The summed E-state index contributed by atoms with van der Waals surface area (Å²) in [5.74, 6) is -1.63. The van der Waals surface area contributed by atoms with Gasteiger partial charge in [0.05, 0.1) is 13.0 Å². The molecule has 0 unspecified atom stereocenters. The third-order valence-electron chi connectivity index (χ3n) is 2.83. The molecule has 2 amide bonds. The van der Waals surface area contributed by atoms with Gasteiger partial charge in [-0.25, -0.2) is 4.79 Å². The fourth-order valence-electron chi connectivity index (χ4n) is 1.72. The highest BCUT2D eigenvalue weighted by Gasteiger charge is 2.06. The molecule has 0 bridgehead atoms. The minimum Gasteiger partial charge on any atom is -0.463 e. The molecule has 0 aliphatic rings. The Labute approximate surface area is 130 Å². The second kappa shape index (κ2) is 10.3. The van der Waals surface area contributed by atoms with E-state index in [-0.39, 0.29) is 6.42 Å². The van der Waals surface area contributed by atoms with Crippen LogP contribution in [0.2, 0.25) is 0 Å². The normalized spacial score (nSPS) is 10.4. The summed E-state index contributed by atoms with van der Waals surface area (Å²) >= 11 is 0. The van der Waals surface area contributed by atoms with E-state index >= 15 is 0 Å². The third kappa shape index (κ3) is 7.99. The van der Waals surface area contributed by atoms with Crippen molar-refractivity contribution in [2.45, 2.75) is 32.6 Å². The molecule has 0 aromatic heterocycles. The van der Waals surface area contributed by atoms with Gasteiger partial charge < -0.3 is 4.74 Å². The van der Waals surface area contributed by atoms with Crippen LogP contribution in [0.25, 0.3) is 0 Å². The summed E-state index contributed by atoms with van der Waals surface area (Å²) in [5, 5.41) is 2.19. The van der Waals surface area contributed by atoms with E-state index in [0.29, 0.717) is 6.61 Å². The topological polar surface area (TPSA) is 72.5 Å². The van der Waals surface area contributed by atoms with E-state index in [2.05, 4.69) is 12.2 Å². The van der Waals surface area contributed by atoms with Crippen molar-refractivity contribution in [2.24, 2.45) is 0 Å². The molecule has 0 saturated heterocycles. The molecule has 0 atom stereocenters. The van der Waals surface area contributed by atoms with Crippen molar-refractivity contribution >= 4 is 17.8 Å². The van der Waals surface area contributed by atoms with E-state index < -0.39 is 17.8 Å². The first-order valence-corrected chi connectivity index (χ1v) is 7.34. The van der Waals surface area contributed by atoms with Crippen molar-refractivity contribution in [1.82, 2.24) is 5.32 Å². The number of hydrogen-bond donors (Lipinski definition) is 1. The second-order valence-electron chi connectivity index (χ2n) is 4.78. The Balaban J connectivity index is 2.28. The predicted molar refractivity (Wildman–Crippen MR) is 82.9 cm³/mol.